The zero-order valence-corrected chi connectivity index (χ0v) is 8.86. The highest BCUT2D eigenvalue weighted by Crippen LogP contribution is 2.28. The fourth-order valence-electron chi connectivity index (χ4n) is 1.80. The molecule has 2 rings (SSSR count). The number of rotatable bonds is 2. The Morgan fingerprint density at radius 3 is 3.00 bits per heavy atom. The number of aromatic amines is 1. The van der Waals surface area contributed by atoms with Gasteiger partial charge in [-0.3, -0.25) is 0 Å². The quantitative estimate of drug-likeness (QED) is 0.783. The van der Waals surface area contributed by atoms with Gasteiger partial charge in [0.15, 0.2) is 0 Å². The minimum Gasteiger partial charge on any atom is -0.360 e. The van der Waals surface area contributed by atoms with Gasteiger partial charge >= 0.3 is 0 Å². The van der Waals surface area contributed by atoms with Gasteiger partial charge in [0, 0.05) is 11.6 Å². The van der Waals surface area contributed by atoms with E-state index in [2.05, 4.69) is 18.0 Å². The normalized spacial score (nSPS) is 11.1. The van der Waals surface area contributed by atoms with Gasteiger partial charge in [-0.1, -0.05) is 11.6 Å². The molecule has 1 aromatic heterocycles. The third-order valence-corrected chi connectivity index (χ3v) is 2.88. The maximum atomic E-state index is 6.14. The first-order chi connectivity index (χ1) is 6.74. The van der Waals surface area contributed by atoms with Crippen LogP contribution in [0, 0.1) is 6.92 Å². The standard InChI is InChI=1S/C11H13ClN2/c1-7-8(2-4-13)6-10(12)11-9(7)3-5-14-11/h3,5-6,14H,2,4,13H2,1H3. The van der Waals surface area contributed by atoms with Crippen LogP contribution in [-0.2, 0) is 6.42 Å². The van der Waals surface area contributed by atoms with Crippen molar-refractivity contribution in [1.29, 1.82) is 0 Å². The predicted molar refractivity (Wildman–Crippen MR) is 60.8 cm³/mol. The van der Waals surface area contributed by atoms with Crippen molar-refractivity contribution in [3.63, 3.8) is 0 Å². The molecule has 14 heavy (non-hydrogen) atoms. The highest BCUT2D eigenvalue weighted by molar-refractivity contribution is 6.35. The summed E-state index contributed by atoms with van der Waals surface area (Å²) in [5.41, 5.74) is 9.08. The maximum Gasteiger partial charge on any atom is 0.0649 e. The lowest BCUT2D eigenvalue weighted by Gasteiger charge is -2.07. The molecule has 74 valence electrons. The minimum absolute atomic E-state index is 0.660. The molecule has 2 aromatic rings. The summed E-state index contributed by atoms with van der Waals surface area (Å²) < 4.78 is 0. The molecule has 3 heteroatoms. The van der Waals surface area contributed by atoms with E-state index >= 15 is 0 Å². The van der Waals surface area contributed by atoms with Crippen LogP contribution in [-0.4, -0.2) is 11.5 Å². The van der Waals surface area contributed by atoms with Crippen LogP contribution >= 0.6 is 11.6 Å². The average Bonchev–Trinajstić information content (AvgIpc) is 2.63. The van der Waals surface area contributed by atoms with Gasteiger partial charge < -0.3 is 10.7 Å². The Balaban J connectivity index is 2.68. The second kappa shape index (κ2) is 3.64. The number of aryl methyl sites for hydroxylation is 1. The number of H-pyrrole nitrogens is 1. The van der Waals surface area contributed by atoms with E-state index in [1.165, 1.54) is 16.5 Å². The van der Waals surface area contributed by atoms with Crippen LogP contribution in [0.1, 0.15) is 11.1 Å². The largest absolute Gasteiger partial charge is 0.360 e. The zero-order valence-electron chi connectivity index (χ0n) is 8.10. The van der Waals surface area contributed by atoms with Crippen molar-refractivity contribution in [2.45, 2.75) is 13.3 Å². The van der Waals surface area contributed by atoms with Crippen LogP contribution < -0.4 is 5.73 Å². The highest BCUT2D eigenvalue weighted by Gasteiger charge is 2.07. The number of nitrogens with one attached hydrogen (secondary N) is 1. The van der Waals surface area contributed by atoms with Crippen molar-refractivity contribution >= 4 is 22.5 Å². The monoisotopic (exact) mass is 208 g/mol. The third-order valence-electron chi connectivity index (χ3n) is 2.59. The van der Waals surface area contributed by atoms with Crippen LogP contribution in [0.4, 0.5) is 0 Å². The fraction of sp³-hybridized carbons (Fsp3) is 0.273. The summed E-state index contributed by atoms with van der Waals surface area (Å²) in [7, 11) is 0. The van der Waals surface area contributed by atoms with E-state index in [1.54, 1.807) is 0 Å². The van der Waals surface area contributed by atoms with Gasteiger partial charge in [0.25, 0.3) is 0 Å². The molecule has 0 fully saturated rings. The van der Waals surface area contributed by atoms with Crippen LogP contribution in [0.2, 0.25) is 5.02 Å². The van der Waals surface area contributed by atoms with Crippen molar-refractivity contribution < 1.29 is 0 Å². The van der Waals surface area contributed by atoms with Crippen molar-refractivity contribution in [3.8, 4) is 0 Å². The van der Waals surface area contributed by atoms with Crippen LogP contribution in [0.25, 0.3) is 10.9 Å². The lowest BCUT2D eigenvalue weighted by Crippen LogP contribution is -2.04. The molecule has 0 spiro atoms. The van der Waals surface area contributed by atoms with Crippen molar-refractivity contribution in [3.05, 3.63) is 34.5 Å². The Bertz CT molecular complexity index is 460. The number of hydrogen-bond acceptors (Lipinski definition) is 1. The first-order valence-corrected chi connectivity index (χ1v) is 5.07. The molecule has 0 aliphatic heterocycles. The van der Waals surface area contributed by atoms with Gasteiger partial charge in [-0.05, 0) is 43.1 Å². The van der Waals surface area contributed by atoms with Gasteiger partial charge in [0.05, 0.1) is 10.5 Å². The summed E-state index contributed by atoms with van der Waals surface area (Å²) in [4.78, 5) is 3.13. The van der Waals surface area contributed by atoms with Crippen molar-refractivity contribution in [1.82, 2.24) is 4.98 Å². The Kier molecular flexibility index (Phi) is 2.48. The third kappa shape index (κ3) is 1.41. The van der Waals surface area contributed by atoms with E-state index in [-0.39, 0.29) is 0 Å². The first kappa shape index (κ1) is 9.56. The summed E-state index contributed by atoms with van der Waals surface area (Å²) in [6, 6.07) is 4.05. The number of hydrogen-bond donors (Lipinski definition) is 2. The molecule has 0 radical (unpaired) electrons. The van der Waals surface area contributed by atoms with E-state index < -0.39 is 0 Å². The number of fused-ring (bicyclic) bond motifs is 1. The Labute approximate surface area is 88.1 Å². The molecule has 3 N–H and O–H groups in total. The summed E-state index contributed by atoms with van der Waals surface area (Å²) in [6.07, 6.45) is 2.79. The predicted octanol–water partition coefficient (Wildman–Crippen LogP) is 2.63. The Hall–Kier alpha value is -0.990. The lowest BCUT2D eigenvalue weighted by atomic mass is 10.0. The molecule has 0 saturated heterocycles. The average molecular weight is 209 g/mol. The van der Waals surface area contributed by atoms with Gasteiger partial charge in [0.2, 0.25) is 0 Å². The molecule has 1 aromatic carbocycles. The van der Waals surface area contributed by atoms with Gasteiger partial charge in [0.1, 0.15) is 0 Å². The van der Waals surface area contributed by atoms with Crippen LogP contribution in [0.15, 0.2) is 18.3 Å². The number of benzene rings is 1. The maximum absolute atomic E-state index is 6.14. The molecule has 0 atom stereocenters. The lowest BCUT2D eigenvalue weighted by molar-refractivity contribution is 0.961. The fourth-order valence-corrected chi connectivity index (χ4v) is 2.09. The molecule has 0 unspecified atom stereocenters. The van der Waals surface area contributed by atoms with Crippen molar-refractivity contribution in [2.75, 3.05) is 6.54 Å². The van der Waals surface area contributed by atoms with Gasteiger partial charge in [-0.25, -0.2) is 0 Å². The first-order valence-electron chi connectivity index (χ1n) is 4.69. The summed E-state index contributed by atoms with van der Waals surface area (Å²) in [5, 5.41) is 1.97. The molecule has 0 saturated carbocycles. The van der Waals surface area contributed by atoms with Gasteiger partial charge in [-0.15, -0.1) is 0 Å². The summed E-state index contributed by atoms with van der Waals surface area (Å²) in [6.45, 7) is 2.77. The van der Waals surface area contributed by atoms with E-state index in [4.69, 9.17) is 17.3 Å². The SMILES string of the molecule is Cc1c(CCN)cc(Cl)c2[nH]ccc12. The second-order valence-corrected chi connectivity index (χ2v) is 3.85. The van der Waals surface area contributed by atoms with Crippen molar-refractivity contribution in [2.24, 2.45) is 5.73 Å². The molecular formula is C11H13ClN2. The van der Waals surface area contributed by atoms with E-state index in [0.717, 1.165) is 17.0 Å². The topological polar surface area (TPSA) is 41.8 Å². The molecule has 0 aliphatic rings. The minimum atomic E-state index is 0.660. The second-order valence-electron chi connectivity index (χ2n) is 3.45. The molecular weight excluding hydrogens is 196 g/mol. The molecule has 0 aliphatic carbocycles. The molecule has 2 nitrogen and oxygen atoms in total. The van der Waals surface area contributed by atoms with E-state index in [0.29, 0.717) is 6.54 Å². The Morgan fingerprint density at radius 1 is 1.50 bits per heavy atom. The van der Waals surface area contributed by atoms with E-state index in [1.807, 2.05) is 12.3 Å². The van der Waals surface area contributed by atoms with Crippen LogP contribution in [0.3, 0.4) is 0 Å². The molecule has 0 bridgehead atoms. The summed E-state index contributed by atoms with van der Waals surface area (Å²) >= 11 is 6.14. The Morgan fingerprint density at radius 2 is 2.29 bits per heavy atom. The summed E-state index contributed by atoms with van der Waals surface area (Å²) in [5.74, 6) is 0. The molecule has 0 amide bonds. The number of halogens is 1. The molecule has 1 heterocycles. The number of aromatic nitrogens is 1. The smallest absolute Gasteiger partial charge is 0.0649 e. The van der Waals surface area contributed by atoms with Gasteiger partial charge in [-0.2, -0.15) is 0 Å². The highest BCUT2D eigenvalue weighted by atomic mass is 35.5. The number of nitrogens with two attached hydrogens (primary N) is 1. The van der Waals surface area contributed by atoms with E-state index in [9.17, 15) is 0 Å². The zero-order chi connectivity index (χ0) is 10.1. The van der Waals surface area contributed by atoms with Crippen LogP contribution in [0.5, 0.6) is 0 Å².